The molecule has 2 aliphatic rings. The Morgan fingerprint density at radius 2 is 1.84 bits per heavy atom. The second-order valence-electron chi connectivity index (χ2n) is 10.3. The molecule has 3 aromatic heterocycles. The zero-order valence-corrected chi connectivity index (χ0v) is 20.4. The van der Waals surface area contributed by atoms with Crippen molar-refractivity contribution in [1.29, 1.82) is 5.26 Å². The Bertz CT molecular complexity index is 1400. The zero-order valence-electron chi connectivity index (χ0n) is 20.4. The summed E-state index contributed by atoms with van der Waals surface area (Å²) in [5.41, 5.74) is -1.52. The van der Waals surface area contributed by atoms with Crippen LogP contribution in [0.3, 0.4) is 0 Å². The van der Waals surface area contributed by atoms with Gasteiger partial charge in [0.1, 0.15) is 11.5 Å². The molecule has 198 valence electrons. The van der Waals surface area contributed by atoms with Gasteiger partial charge in [0.2, 0.25) is 11.9 Å². The summed E-state index contributed by atoms with van der Waals surface area (Å²) in [4.78, 5) is 24.5. The van der Waals surface area contributed by atoms with E-state index < -0.39 is 28.6 Å². The van der Waals surface area contributed by atoms with Crippen LogP contribution in [0.25, 0.3) is 11.5 Å². The smallest absolute Gasteiger partial charge is 0.324 e. The third-order valence-electron chi connectivity index (χ3n) is 7.04. The lowest BCUT2D eigenvalue weighted by Crippen LogP contribution is -2.18. The van der Waals surface area contributed by atoms with Gasteiger partial charge < -0.3 is 5.32 Å². The highest BCUT2D eigenvalue weighted by Gasteiger charge is 2.47. The van der Waals surface area contributed by atoms with Crippen molar-refractivity contribution in [3.05, 3.63) is 47.9 Å². The van der Waals surface area contributed by atoms with Gasteiger partial charge in [-0.1, -0.05) is 6.92 Å². The third-order valence-corrected chi connectivity index (χ3v) is 7.04. The predicted molar refractivity (Wildman–Crippen MR) is 125 cm³/mol. The first-order valence-electron chi connectivity index (χ1n) is 12.1. The van der Waals surface area contributed by atoms with Crippen LogP contribution in [0.5, 0.6) is 0 Å². The number of halogens is 5. The summed E-state index contributed by atoms with van der Waals surface area (Å²) in [6, 6.07) is 5.62. The summed E-state index contributed by atoms with van der Waals surface area (Å²) in [6.45, 7) is 1.79. The van der Waals surface area contributed by atoms with Crippen molar-refractivity contribution in [2.75, 3.05) is 5.32 Å². The average Bonchev–Trinajstić information content (AvgIpc) is 3.62. The predicted octanol–water partition coefficient (Wildman–Crippen LogP) is 5.80. The lowest BCUT2D eigenvalue weighted by Gasteiger charge is -2.23. The third kappa shape index (κ3) is 5.54. The molecule has 13 heteroatoms. The number of pyridine rings is 1. The minimum absolute atomic E-state index is 0.0325. The van der Waals surface area contributed by atoms with Crippen LogP contribution < -0.4 is 5.32 Å². The number of aryl methyl sites for hydroxylation is 1. The Morgan fingerprint density at radius 3 is 2.50 bits per heavy atom. The molecule has 38 heavy (non-hydrogen) atoms. The summed E-state index contributed by atoms with van der Waals surface area (Å²) in [7, 11) is 0. The Hall–Kier alpha value is -3.82. The number of hydrogen-bond acceptors (Lipinski definition) is 8. The molecule has 2 fully saturated rings. The fourth-order valence-corrected chi connectivity index (χ4v) is 4.67. The maximum Gasteiger partial charge on any atom is 0.434 e. The molecular weight excluding hydrogens is 507 g/mol. The van der Waals surface area contributed by atoms with Crippen LogP contribution >= 0.6 is 0 Å². The van der Waals surface area contributed by atoms with Crippen molar-refractivity contribution in [3.63, 3.8) is 0 Å². The molecule has 1 N–H and O–H groups in total. The summed E-state index contributed by atoms with van der Waals surface area (Å²) >= 11 is 0. The topological polar surface area (TPSA) is 113 Å². The van der Waals surface area contributed by atoms with E-state index in [4.69, 9.17) is 0 Å². The summed E-state index contributed by atoms with van der Waals surface area (Å²) < 4.78 is 67.4. The van der Waals surface area contributed by atoms with Gasteiger partial charge in [-0.2, -0.15) is 28.4 Å². The monoisotopic (exact) mass is 530 g/mol. The number of hydrogen-bond donors (Lipinski definition) is 1. The highest BCUT2D eigenvalue weighted by molar-refractivity contribution is 5.57. The highest BCUT2D eigenvalue weighted by atomic mass is 19.4. The zero-order chi connectivity index (χ0) is 27.2. The number of anilines is 2. The van der Waals surface area contributed by atoms with E-state index in [1.165, 1.54) is 6.20 Å². The number of nitriles is 1. The first-order chi connectivity index (χ1) is 17.9. The number of nitrogens with one attached hydrogen (secondary N) is 1. The van der Waals surface area contributed by atoms with E-state index in [1.807, 2.05) is 0 Å². The van der Waals surface area contributed by atoms with Gasteiger partial charge in [0, 0.05) is 31.1 Å². The molecule has 2 saturated carbocycles. The van der Waals surface area contributed by atoms with Gasteiger partial charge in [-0.25, -0.2) is 18.7 Å². The quantitative estimate of drug-likeness (QED) is 0.382. The molecule has 0 saturated heterocycles. The van der Waals surface area contributed by atoms with E-state index in [2.05, 4.69) is 41.3 Å². The Kier molecular flexibility index (Phi) is 6.24. The molecule has 0 bridgehead atoms. The van der Waals surface area contributed by atoms with Crippen molar-refractivity contribution < 1.29 is 22.0 Å². The number of nitrogens with zero attached hydrogens (tertiary/aromatic N) is 7. The van der Waals surface area contributed by atoms with Gasteiger partial charge in [-0.15, -0.1) is 0 Å². The lowest BCUT2D eigenvalue weighted by atomic mass is 9.83. The van der Waals surface area contributed by atoms with Crippen LogP contribution in [-0.4, -0.2) is 35.8 Å². The molecule has 2 aliphatic carbocycles. The maximum absolute atomic E-state index is 13.9. The fraction of sp³-hybridized carbons (Fsp3) is 0.480. The van der Waals surface area contributed by atoms with Crippen molar-refractivity contribution in [1.82, 2.24) is 29.9 Å². The standard InChI is InChI=1S/C25H23F5N8/c1-22(5-8-24(26,27)13-22)4-2-19-36-20(16-11-32-12-18(35-16)25(28,29)30)38-21(37-19)34-15-3-9-33-17(10-15)23(14-31)6-7-23/h3,9-12H,2,4-8,13H2,1H3,(H,33,34,36,37,38)/t22-/m1/s1. The first kappa shape index (κ1) is 25.8. The molecule has 8 nitrogen and oxygen atoms in total. The van der Waals surface area contributed by atoms with Gasteiger partial charge in [0.15, 0.2) is 11.5 Å². The van der Waals surface area contributed by atoms with Gasteiger partial charge in [-0.05, 0) is 43.2 Å². The van der Waals surface area contributed by atoms with E-state index in [0.29, 0.717) is 43.3 Å². The van der Waals surface area contributed by atoms with Crippen LogP contribution in [0, 0.1) is 16.7 Å². The highest BCUT2D eigenvalue weighted by Crippen LogP contribution is 2.49. The number of aromatic nitrogens is 6. The normalized spacial score (nSPS) is 21.6. The Morgan fingerprint density at radius 1 is 1.05 bits per heavy atom. The van der Waals surface area contributed by atoms with Crippen molar-refractivity contribution in [3.8, 4) is 17.6 Å². The van der Waals surface area contributed by atoms with Crippen LogP contribution in [0.4, 0.5) is 33.6 Å². The Balaban J connectivity index is 1.47. The molecule has 0 aliphatic heterocycles. The molecule has 0 radical (unpaired) electrons. The summed E-state index contributed by atoms with van der Waals surface area (Å²) in [5.74, 6) is -2.60. The Labute approximate surface area is 214 Å². The minimum atomic E-state index is -4.71. The number of rotatable bonds is 7. The lowest BCUT2D eigenvalue weighted by molar-refractivity contribution is -0.141. The molecule has 1 atom stereocenters. The van der Waals surface area contributed by atoms with E-state index in [1.54, 1.807) is 19.1 Å². The molecular formula is C25H23F5N8. The van der Waals surface area contributed by atoms with E-state index >= 15 is 0 Å². The van der Waals surface area contributed by atoms with Crippen LogP contribution in [0.15, 0.2) is 30.7 Å². The van der Waals surface area contributed by atoms with E-state index in [-0.39, 0.29) is 42.6 Å². The second kappa shape index (κ2) is 9.18. The molecule has 0 amide bonds. The average molecular weight is 531 g/mol. The first-order valence-corrected chi connectivity index (χ1v) is 12.1. The minimum Gasteiger partial charge on any atom is -0.324 e. The fourth-order valence-electron chi connectivity index (χ4n) is 4.67. The summed E-state index contributed by atoms with van der Waals surface area (Å²) in [5, 5.41) is 12.5. The molecule has 0 spiro atoms. The van der Waals surface area contributed by atoms with Crippen molar-refractivity contribution in [2.45, 2.75) is 69.4 Å². The van der Waals surface area contributed by atoms with Gasteiger partial charge in [0.25, 0.3) is 0 Å². The molecule has 3 aromatic rings. The number of alkyl halides is 5. The molecule has 5 rings (SSSR count). The second-order valence-corrected chi connectivity index (χ2v) is 10.3. The SMILES string of the molecule is C[C@@]1(CCc2nc(Nc3ccnc(C4(C#N)CC4)c3)nc(-c3cncc(C(F)(F)F)n3)n2)CCC(F)(F)C1. The largest absolute Gasteiger partial charge is 0.434 e. The van der Waals surface area contributed by atoms with Gasteiger partial charge >= 0.3 is 6.18 Å². The maximum atomic E-state index is 13.9. The van der Waals surface area contributed by atoms with Crippen molar-refractivity contribution >= 4 is 11.6 Å². The van der Waals surface area contributed by atoms with E-state index in [9.17, 15) is 27.2 Å². The van der Waals surface area contributed by atoms with Gasteiger partial charge in [-0.3, -0.25) is 9.97 Å². The molecule has 0 unspecified atom stereocenters. The van der Waals surface area contributed by atoms with Crippen molar-refractivity contribution in [2.24, 2.45) is 5.41 Å². The van der Waals surface area contributed by atoms with Crippen LogP contribution in [-0.2, 0) is 18.0 Å². The van der Waals surface area contributed by atoms with Gasteiger partial charge in [0.05, 0.1) is 29.6 Å². The summed E-state index contributed by atoms with van der Waals surface area (Å²) in [6.07, 6.45) is 0.438. The van der Waals surface area contributed by atoms with Crippen LogP contribution in [0.1, 0.15) is 62.7 Å². The molecule has 0 aromatic carbocycles. The van der Waals surface area contributed by atoms with Crippen LogP contribution in [0.2, 0.25) is 0 Å². The van der Waals surface area contributed by atoms with E-state index in [0.717, 1.165) is 6.20 Å². The molecule has 3 heterocycles.